The summed E-state index contributed by atoms with van der Waals surface area (Å²) < 4.78 is 35.0. The maximum atomic E-state index is 12.6. The number of hydrogen-bond donors (Lipinski definition) is 2. The Morgan fingerprint density at radius 1 is 1.17 bits per heavy atom. The van der Waals surface area contributed by atoms with Crippen LogP contribution < -0.4 is 10.2 Å². The van der Waals surface area contributed by atoms with E-state index in [-0.39, 0.29) is 16.8 Å². The lowest BCUT2D eigenvalue weighted by Gasteiger charge is -2.33. The zero-order valence-corrected chi connectivity index (χ0v) is 17.2. The molecule has 1 amide bonds. The molecule has 9 nitrogen and oxygen atoms in total. The van der Waals surface area contributed by atoms with Crippen LogP contribution in [0.5, 0.6) is 0 Å². The summed E-state index contributed by atoms with van der Waals surface area (Å²) in [6, 6.07) is 9.34. The topological polar surface area (TPSA) is 110 Å². The number of benzene rings is 1. The van der Waals surface area contributed by atoms with Crippen molar-refractivity contribution in [2.24, 2.45) is 0 Å². The van der Waals surface area contributed by atoms with Gasteiger partial charge < -0.3 is 14.5 Å². The molecule has 2 aromatic rings. The van der Waals surface area contributed by atoms with E-state index in [0.717, 1.165) is 24.6 Å². The maximum absolute atomic E-state index is 12.6. The average molecular weight is 423 g/mol. The fourth-order valence-corrected chi connectivity index (χ4v) is 3.98. The van der Waals surface area contributed by atoms with E-state index in [1.165, 1.54) is 31.4 Å². The fraction of sp³-hybridized carbons (Fsp3) is 0.421. The number of carbonyl (C=O) groups is 1. The molecule has 29 heavy (non-hydrogen) atoms. The van der Waals surface area contributed by atoms with Crippen LogP contribution in [0.2, 0.25) is 0 Å². The summed E-state index contributed by atoms with van der Waals surface area (Å²) in [6.07, 6.45) is 0. The average Bonchev–Trinajstić information content (AvgIpc) is 3.15. The fourth-order valence-electron chi connectivity index (χ4n) is 3.17. The van der Waals surface area contributed by atoms with E-state index in [9.17, 15) is 13.2 Å². The number of amides is 1. The first kappa shape index (κ1) is 21.5. The van der Waals surface area contributed by atoms with Crippen LogP contribution in [-0.4, -0.2) is 59.2 Å². The highest BCUT2D eigenvalue weighted by atomic mass is 32.2. The highest BCUT2D eigenvalue weighted by Crippen LogP contribution is 2.23. The third-order valence-electron chi connectivity index (χ3n) is 4.65. The van der Waals surface area contributed by atoms with Crippen molar-refractivity contribution in [2.75, 3.05) is 40.0 Å². The van der Waals surface area contributed by atoms with Crippen LogP contribution in [0.15, 0.2) is 45.7 Å². The number of carbonyl (C=O) groups excluding carboxylic acids is 1. The Morgan fingerprint density at radius 2 is 1.86 bits per heavy atom. The Labute approximate surface area is 170 Å². The van der Waals surface area contributed by atoms with Crippen molar-refractivity contribution in [3.05, 3.63) is 53.5 Å². The van der Waals surface area contributed by atoms with Crippen molar-refractivity contribution in [3.63, 3.8) is 0 Å². The molecule has 1 aromatic carbocycles. The van der Waals surface area contributed by atoms with Gasteiger partial charge >= 0.3 is 0 Å². The quantitative estimate of drug-likeness (QED) is 0.615. The Balaban J connectivity index is 1.68. The molecule has 1 unspecified atom stereocenters. The predicted octanol–water partition coefficient (Wildman–Crippen LogP) is 1.23. The van der Waals surface area contributed by atoms with Crippen LogP contribution in [0.1, 0.15) is 27.9 Å². The highest BCUT2D eigenvalue weighted by molar-refractivity contribution is 7.89. The van der Waals surface area contributed by atoms with Crippen molar-refractivity contribution in [1.29, 1.82) is 0 Å². The molecule has 0 saturated carbocycles. The number of ether oxygens (including phenoxy) is 1. The third-order valence-corrected chi connectivity index (χ3v) is 5.93. The number of rotatable bonds is 8. The van der Waals surface area contributed by atoms with Gasteiger partial charge in [0.25, 0.3) is 15.9 Å². The first-order valence-electron chi connectivity index (χ1n) is 9.22. The van der Waals surface area contributed by atoms with E-state index in [1.54, 1.807) is 0 Å². The van der Waals surface area contributed by atoms with Gasteiger partial charge in [-0.15, -0.1) is 0 Å². The molecule has 1 aromatic heterocycles. The van der Waals surface area contributed by atoms with Crippen LogP contribution >= 0.6 is 0 Å². The summed E-state index contributed by atoms with van der Waals surface area (Å²) >= 11 is 0. The maximum Gasteiger partial charge on any atom is 0.262 e. The van der Waals surface area contributed by atoms with E-state index < -0.39 is 10.0 Å². The molecular formula is C19H25N3O6S. The lowest BCUT2D eigenvalue weighted by molar-refractivity contribution is 0.0117. The van der Waals surface area contributed by atoms with Crippen molar-refractivity contribution in [1.82, 2.24) is 15.1 Å². The number of aryl methyl sites for hydroxylation is 1. The summed E-state index contributed by atoms with van der Waals surface area (Å²) in [5.74, 6) is 1.30. The van der Waals surface area contributed by atoms with Crippen molar-refractivity contribution >= 4 is 15.9 Å². The number of nitrogens with zero attached hydrogens (tertiary/aromatic N) is 1. The number of morpholine rings is 1. The van der Waals surface area contributed by atoms with E-state index >= 15 is 0 Å². The second-order valence-electron chi connectivity index (χ2n) is 6.64. The molecular weight excluding hydrogens is 398 g/mol. The Bertz CT molecular complexity index is 920. The molecule has 2 heterocycles. The molecule has 3 rings (SSSR count). The van der Waals surface area contributed by atoms with Crippen molar-refractivity contribution < 1.29 is 27.2 Å². The van der Waals surface area contributed by atoms with E-state index in [0.29, 0.717) is 25.3 Å². The van der Waals surface area contributed by atoms with Crippen LogP contribution in [0.4, 0.5) is 0 Å². The minimum atomic E-state index is -3.76. The standard InChI is InChI=1S/C19H25N3O6S/c1-14-3-8-18(28-14)17(22-9-11-27-12-10-22)13-20-19(23)15-4-6-16(7-5-15)29(24,25)21-26-2/h3-8,17,21H,9-13H2,1-2H3,(H,20,23). The summed E-state index contributed by atoms with van der Waals surface area (Å²) in [7, 11) is -2.55. The Kier molecular flexibility index (Phi) is 7.04. The smallest absolute Gasteiger partial charge is 0.262 e. The summed E-state index contributed by atoms with van der Waals surface area (Å²) in [4.78, 5) is 21.2. The van der Waals surface area contributed by atoms with Gasteiger partial charge in [0.1, 0.15) is 11.5 Å². The normalized spacial score (nSPS) is 16.5. The number of furan rings is 1. The molecule has 1 fully saturated rings. The molecule has 0 radical (unpaired) electrons. The molecule has 0 spiro atoms. The van der Waals surface area contributed by atoms with Gasteiger partial charge in [0.05, 0.1) is 31.3 Å². The summed E-state index contributed by atoms with van der Waals surface area (Å²) in [6.45, 7) is 5.01. The van der Waals surface area contributed by atoms with E-state index in [2.05, 4.69) is 15.1 Å². The Morgan fingerprint density at radius 3 is 2.45 bits per heavy atom. The van der Waals surface area contributed by atoms with E-state index in [4.69, 9.17) is 9.15 Å². The largest absolute Gasteiger partial charge is 0.465 e. The molecule has 2 N–H and O–H groups in total. The minimum absolute atomic E-state index is 0.00755. The predicted molar refractivity (Wildman–Crippen MR) is 105 cm³/mol. The summed E-state index contributed by atoms with van der Waals surface area (Å²) in [5, 5.41) is 2.92. The lowest BCUT2D eigenvalue weighted by Crippen LogP contribution is -2.43. The van der Waals surface area contributed by atoms with Gasteiger partial charge in [0, 0.05) is 25.2 Å². The molecule has 158 valence electrons. The number of sulfonamides is 1. The summed E-state index contributed by atoms with van der Waals surface area (Å²) in [5.41, 5.74) is 0.359. The molecule has 0 aliphatic carbocycles. The number of nitrogens with one attached hydrogen (secondary N) is 2. The van der Waals surface area contributed by atoms with Gasteiger partial charge in [-0.2, -0.15) is 0 Å². The molecule has 1 atom stereocenters. The molecule has 1 aliphatic rings. The van der Waals surface area contributed by atoms with Gasteiger partial charge in [0.15, 0.2) is 0 Å². The van der Waals surface area contributed by atoms with Crippen LogP contribution in [0, 0.1) is 6.92 Å². The third kappa shape index (κ3) is 5.43. The minimum Gasteiger partial charge on any atom is -0.465 e. The van der Waals surface area contributed by atoms with Crippen LogP contribution in [0.3, 0.4) is 0 Å². The van der Waals surface area contributed by atoms with Gasteiger partial charge in [-0.3, -0.25) is 14.5 Å². The lowest BCUT2D eigenvalue weighted by atomic mass is 10.1. The highest BCUT2D eigenvalue weighted by Gasteiger charge is 2.26. The first-order valence-corrected chi connectivity index (χ1v) is 10.7. The molecule has 10 heteroatoms. The molecule has 0 bridgehead atoms. The zero-order chi connectivity index (χ0) is 20.9. The number of hydrogen-bond acceptors (Lipinski definition) is 7. The van der Waals surface area contributed by atoms with Crippen molar-refractivity contribution in [3.8, 4) is 0 Å². The molecule has 1 saturated heterocycles. The SMILES string of the molecule is CONS(=O)(=O)c1ccc(C(=O)NCC(c2ccc(C)o2)N2CCOCC2)cc1. The second kappa shape index (κ2) is 9.51. The van der Waals surface area contributed by atoms with Crippen molar-refractivity contribution in [2.45, 2.75) is 17.9 Å². The van der Waals surface area contributed by atoms with Gasteiger partial charge in [-0.25, -0.2) is 8.42 Å². The van der Waals surface area contributed by atoms with Crippen LogP contribution in [0.25, 0.3) is 0 Å². The van der Waals surface area contributed by atoms with Crippen LogP contribution in [-0.2, 0) is 19.6 Å². The van der Waals surface area contributed by atoms with Gasteiger partial charge in [-0.1, -0.05) is 4.89 Å². The van der Waals surface area contributed by atoms with E-state index in [1.807, 2.05) is 23.9 Å². The molecule has 1 aliphatic heterocycles. The first-order chi connectivity index (χ1) is 13.9. The van der Waals surface area contributed by atoms with Gasteiger partial charge in [0.2, 0.25) is 0 Å². The van der Waals surface area contributed by atoms with Gasteiger partial charge in [-0.05, 0) is 43.3 Å². The Hall–Kier alpha value is -2.24. The monoisotopic (exact) mass is 423 g/mol. The second-order valence-corrected chi connectivity index (χ2v) is 8.28. The zero-order valence-electron chi connectivity index (χ0n) is 16.4.